The van der Waals surface area contributed by atoms with Gasteiger partial charge in [0.25, 0.3) is 0 Å². The van der Waals surface area contributed by atoms with Gasteiger partial charge >= 0.3 is 5.76 Å². The van der Waals surface area contributed by atoms with E-state index in [-0.39, 0.29) is 18.5 Å². The van der Waals surface area contributed by atoms with Crippen LogP contribution in [0.3, 0.4) is 0 Å². The van der Waals surface area contributed by atoms with Crippen molar-refractivity contribution in [3.63, 3.8) is 0 Å². The van der Waals surface area contributed by atoms with Crippen molar-refractivity contribution in [2.45, 2.75) is 44.4 Å². The molecule has 2 aromatic rings. The smallest absolute Gasteiger partial charge is 0.408 e. The summed E-state index contributed by atoms with van der Waals surface area (Å²) in [5, 5.41) is 12.7. The fourth-order valence-corrected chi connectivity index (χ4v) is 2.84. The molecule has 1 fully saturated rings. The lowest BCUT2D eigenvalue weighted by Gasteiger charge is -2.28. The number of para-hydroxylation sites is 2. The zero-order chi connectivity index (χ0) is 14.8. The summed E-state index contributed by atoms with van der Waals surface area (Å²) in [7, 11) is 0. The molecule has 2 N–H and O–H groups in total. The lowest BCUT2D eigenvalue weighted by molar-refractivity contribution is -0.123. The van der Waals surface area contributed by atoms with E-state index in [0.717, 1.165) is 19.3 Å². The molecule has 3 rings (SSSR count). The maximum atomic E-state index is 12.1. The number of fused-ring (bicyclic) bond motifs is 1. The van der Waals surface area contributed by atoms with Crippen molar-refractivity contribution < 1.29 is 14.3 Å². The molecular formula is C15H18N2O4. The third-order valence-electron chi connectivity index (χ3n) is 3.95. The summed E-state index contributed by atoms with van der Waals surface area (Å²) in [6.45, 7) is -0.0981. The van der Waals surface area contributed by atoms with Crippen molar-refractivity contribution in [2.75, 3.05) is 0 Å². The number of rotatable bonds is 3. The number of nitrogens with one attached hydrogen (secondary N) is 1. The molecule has 0 saturated heterocycles. The number of hydrogen-bond donors (Lipinski definition) is 2. The van der Waals surface area contributed by atoms with E-state index in [9.17, 15) is 14.7 Å². The van der Waals surface area contributed by atoms with E-state index in [1.807, 2.05) is 0 Å². The largest absolute Gasteiger partial charge is 0.420 e. The van der Waals surface area contributed by atoms with Gasteiger partial charge in [0, 0.05) is 0 Å². The van der Waals surface area contributed by atoms with Gasteiger partial charge in [0.1, 0.15) is 6.54 Å². The zero-order valence-electron chi connectivity index (χ0n) is 11.6. The number of hydrogen-bond acceptors (Lipinski definition) is 4. The number of aromatic nitrogens is 1. The maximum absolute atomic E-state index is 12.1. The molecule has 112 valence electrons. The van der Waals surface area contributed by atoms with E-state index in [1.165, 1.54) is 4.57 Å². The minimum absolute atomic E-state index is 0.0981. The molecule has 1 aliphatic carbocycles. The first-order chi connectivity index (χ1) is 10.1. The number of carbonyl (C=O) groups excluding carboxylic acids is 1. The predicted molar refractivity (Wildman–Crippen MR) is 76.9 cm³/mol. The number of aliphatic hydroxyl groups excluding tert-OH is 1. The summed E-state index contributed by atoms with van der Waals surface area (Å²) in [6, 6.07) is 6.77. The SMILES string of the molecule is O=C(Cn1c(=O)oc2ccccc21)N[C@H]1CCCC[C@@H]1O. The van der Waals surface area contributed by atoms with E-state index in [1.54, 1.807) is 24.3 Å². The van der Waals surface area contributed by atoms with Crippen LogP contribution in [0.5, 0.6) is 0 Å². The first kappa shape index (κ1) is 13.9. The van der Waals surface area contributed by atoms with E-state index in [0.29, 0.717) is 17.5 Å². The van der Waals surface area contributed by atoms with Crippen LogP contribution in [0.15, 0.2) is 33.5 Å². The highest BCUT2D eigenvalue weighted by molar-refractivity contribution is 5.79. The summed E-state index contributed by atoms with van der Waals surface area (Å²) in [4.78, 5) is 23.9. The molecule has 1 amide bonds. The Balaban J connectivity index is 1.74. The highest BCUT2D eigenvalue weighted by atomic mass is 16.4. The summed E-state index contributed by atoms with van der Waals surface area (Å²) in [6.07, 6.45) is 2.96. The molecule has 0 unspecified atom stereocenters. The maximum Gasteiger partial charge on any atom is 0.420 e. The van der Waals surface area contributed by atoms with Crippen molar-refractivity contribution in [3.8, 4) is 0 Å². The van der Waals surface area contributed by atoms with Crippen LogP contribution in [0.2, 0.25) is 0 Å². The van der Waals surface area contributed by atoms with Crippen LogP contribution in [0.4, 0.5) is 0 Å². The van der Waals surface area contributed by atoms with Crippen LogP contribution in [0, 0.1) is 0 Å². The van der Waals surface area contributed by atoms with Crippen molar-refractivity contribution in [1.29, 1.82) is 0 Å². The highest BCUT2D eigenvalue weighted by Crippen LogP contribution is 2.18. The summed E-state index contributed by atoms with van der Waals surface area (Å²) in [5.74, 6) is -0.829. The topological polar surface area (TPSA) is 84.5 Å². The number of oxazole rings is 1. The van der Waals surface area contributed by atoms with Gasteiger partial charge in [-0.15, -0.1) is 0 Å². The second-order valence-corrected chi connectivity index (χ2v) is 5.45. The van der Waals surface area contributed by atoms with Crippen LogP contribution < -0.4 is 11.1 Å². The standard InChI is InChI=1S/C15H18N2O4/c18-12-7-3-1-5-10(12)16-14(19)9-17-11-6-2-4-8-13(11)21-15(17)20/h2,4,6,8,10,12,18H,1,3,5,7,9H2,(H,16,19)/t10-,12-/m0/s1. The van der Waals surface area contributed by atoms with Gasteiger partial charge in [0.05, 0.1) is 17.7 Å². The van der Waals surface area contributed by atoms with Crippen LogP contribution in [-0.2, 0) is 11.3 Å². The average molecular weight is 290 g/mol. The van der Waals surface area contributed by atoms with Gasteiger partial charge in [0.2, 0.25) is 5.91 Å². The minimum atomic E-state index is -0.546. The molecule has 1 aromatic heterocycles. The van der Waals surface area contributed by atoms with Gasteiger partial charge in [-0.05, 0) is 25.0 Å². The Morgan fingerprint density at radius 3 is 2.90 bits per heavy atom. The molecule has 1 heterocycles. The van der Waals surface area contributed by atoms with Crippen molar-refractivity contribution in [3.05, 3.63) is 34.8 Å². The fraction of sp³-hybridized carbons (Fsp3) is 0.467. The van der Waals surface area contributed by atoms with Crippen molar-refractivity contribution in [2.24, 2.45) is 0 Å². The lowest BCUT2D eigenvalue weighted by atomic mass is 9.92. The second-order valence-electron chi connectivity index (χ2n) is 5.45. The van der Waals surface area contributed by atoms with Gasteiger partial charge in [0.15, 0.2) is 5.58 Å². The number of nitrogens with zero attached hydrogens (tertiary/aromatic N) is 1. The molecule has 0 aliphatic heterocycles. The molecule has 2 atom stereocenters. The number of amides is 1. The van der Waals surface area contributed by atoms with Crippen LogP contribution in [0.1, 0.15) is 25.7 Å². The van der Waals surface area contributed by atoms with E-state index >= 15 is 0 Å². The van der Waals surface area contributed by atoms with Crippen LogP contribution in [0.25, 0.3) is 11.1 Å². The highest BCUT2D eigenvalue weighted by Gasteiger charge is 2.24. The Morgan fingerprint density at radius 1 is 1.33 bits per heavy atom. The Kier molecular flexibility index (Phi) is 3.79. The second kappa shape index (κ2) is 5.73. The number of carbonyl (C=O) groups is 1. The summed E-state index contributed by atoms with van der Waals surface area (Å²) in [5.41, 5.74) is 1.06. The van der Waals surface area contributed by atoms with E-state index in [4.69, 9.17) is 4.42 Å². The molecule has 1 aliphatic rings. The van der Waals surface area contributed by atoms with Crippen LogP contribution in [-0.4, -0.2) is 27.7 Å². The van der Waals surface area contributed by atoms with Crippen molar-refractivity contribution >= 4 is 17.0 Å². The third kappa shape index (κ3) is 2.85. The van der Waals surface area contributed by atoms with Gasteiger partial charge in [-0.3, -0.25) is 9.36 Å². The van der Waals surface area contributed by atoms with Gasteiger partial charge < -0.3 is 14.8 Å². The molecule has 0 spiro atoms. The van der Waals surface area contributed by atoms with E-state index in [2.05, 4.69) is 5.32 Å². The molecule has 21 heavy (non-hydrogen) atoms. The molecule has 0 radical (unpaired) electrons. The third-order valence-corrected chi connectivity index (χ3v) is 3.95. The predicted octanol–water partition coefficient (Wildman–Crippen LogP) is 1.01. The zero-order valence-corrected chi connectivity index (χ0v) is 11.6. The molecule has 0 bridgehead atoms. The van der Waals surface area contributed by atoms with E-state index < -0.39 is 11.9 Å². The summed E-state index contributed by atoms with van der Waals surface area (Å²) < 4.78 is 6.39. The summed E-state index contributed by atoms with van der Waals surface area (Å²) >= 11 is 0. The van der Waals surface area contributed by atoms with Crippen LogP contribution >= 0.6 is 0 Å². The first-order valence-electron chi connectivity index (χ1n) is 7.21. The molecular weight excluding hydrogens is 272 g/mol. The monoisotopic (exact) mass is 290 g/mol. The number of aliphatic hydroxyl groups is 1. The fourth-order valence-electron chi connectivity index (χ4n) is 2.84. The van der Waals surface area contributed by atoms with Gasteiger partial charge in [-0.1, -0.05) is 25.0 Å². The average Bonchev–Trinajstić information content (AvgIpc) is 2.78. The minimum Gasteiger partial charge on any atom is -0.408 e. The van der Waals surface area contributed by atoms with Gasteiger partial charge in [-0.25, -0.2) is 4.79 Å². The Hall–Kier alpha value is -2.08. The first-order valence-corrected chi connectivity index (χ1v) is 7.21. The molecule has 6 heteroatoms. The van der Waals surface area contributed by atoms with Gasteiger partial charge in [-0.2, -0.15) is 0 Å². The normalized spacial score (nSPS) is 22.3. The molecule has 1 aromatic carbocycles. The molecule has 1 saturated carbocycles. The quantitative estimate of drug-likeness (QED) is 0.883. The molecule has 6 nitrogen and oxygen atoms in total. The lowest BCUT2D eigenvalue weighted by Crippen LogP contribution is -2.46. The Morgan fingerprint density at radius 2 is 2.10 bits per heavy atom. The Bertz CT molecular complexity index is 703. The van der Waals surface area contributed by atoms with Crippen molar-refractivity contribution in [1.82, 2.24) is 9.88 Å². The number of benzene rings is 1. The Labute approximate surface area is 121 Å².